The Bertz CT molecular complexity index is 8240. The highest BCUT2D eigenvalue weighted by atomic mass is 32.2. The van der Waals surface area contributed by atoms with Crippen LogP contribution in [0.5, 0.6) is 23.0 Å². The first-order valence-corrected chi connectivity index (χ1v) is 62.0. The number of nitrogens with zero attached hydrogens (tertiary/aromatic N) is 12. The molecule has 4 aliphatic rings. The zero-order chi connectivity index (χ0) is 109. The lowest BCUT2D eigenvalue weighted by atomic mass is 10.1. The van der Waals surface area contributed by atoms with Gasteiger partial charge in [0.2, 0.25) is 40.1 Å². The molecular weight excluding hydrogens is 2200 g/mol. The van der Waals surface area contributed by atoms with Crippen LogP contribution >= 0.6 is 75.4 Å². The smallest absolute Gasteiger partial charge is 0.391 e. The van der Waals surface area contributed by atoms with E-state index in [4.69, 9.17) is 27.2 Å². The minimum Gasteiger partial charge on any atom is -0.505 e. The number of aromatic hydroxyl groups is 4. The number of alkyl halides is 3. The molecule has 0 amide bonds. The lowest BCUT2D eigenvalue weighted by molar-refractivity contribution is -0.171. The summed E-state index contributed by atoms with van der Waals surface area (Å²) >= 11 is 5.47. The highest BCUT2D eigenvalue weighted by Crippen LogP contribution is 2.57. The van der Waals surface area contributed by atoms with Gasteiger partial charge in [-0.3, -0.25) is 56.3 Å². The average molecular weight is 2300 g/mol. The molecule has 0 bridgehead atoms. The van der Waals surface area contributed by atoms with Gasteiger partial charge in [-0.15, -0.1) is 0 Å². The molecule has 0 fully saturated rings. The zero-order valence-corrected chi connectivity index (χ0v) is 91.4. The highest BCUT2D eigenvalue weighted by Gasteiger charge is 2.43. The van der Waals surface area contributed by atoms with E-state index in [9.17, 15) is 105 Å². The Labute approximate surface area is 870 Å². The van der Waals surface area contributed by atoms with Gasteiger partial charge in [0.05, 0.1) is 100 Å². The maximum absolute atomic E-state index is 13.8. The third-order valence-corrected chi connectivity index (χ3v) is 35.8. The average Bonchev–Trinajstić information content (AvgIpc) is 1.08. The molecule has 0 radical (unpaired) electrons. The Hall–Kier alpha value is -12.9. The molecule has 7 atom stereocenters. The number of thiophene rings is 4. The standard InChI is InChI=1S/C23H28N5O6PS2.C22H23F3N5O6PS2.C22H20N5O7PS2.C22H26N5O7PS2/c1-5-14(2)8-10-28-23(30)19(21(29)20(25-28)15-9-11-36-13-15)22-24-17-7-6-16(27-37(4,32)33)12-18(17)35(31,26-22)34-3;1-12(22(23,24)25)6-8-30-21(32)17(19(31)18(27-30)13-7-9-38-11-13)20-26-15-5-4-14(29-39(3,34)35)10-16(15)37(33,28-20)36-2;1-33-35(30)17-9-15(26-37(2,31)32)3-4-16(17)23-21(25-35)18-20(28)19(14-6-8-36-12-14)24-27(22(18)29)10-13-5-7-34-11-13;1-13(33-2)7-9-27-22(29)18(20(28)19(24-27)14-8-10-36-12-14)21-23-16-6-5-15(26-37(4,31)32)11-17(16)35(30,25-21)34-3/h6-7,9,11-14,27,29H,5,8,10H2,1-4H3,(H,24,26,31);4-5,7,9-12,29,31H,6,8H2,1-3H3,(H,26,28,33);3-9,11-12,26,28H,10H2,1-2H3,(H,23,25,30);5-6,8,10-13,26,28H,7,9H2,1-4H3,(H,23,25,30). The van der Waals surface area contributed by atoms with Crippen LogP contribution in [0.1, 0.15) is 81.2 Å². The van der Waals surface area contributed by atoms with Gasteiger partial charge in [0.1, 0.15) is 45.0 Å². The Morgan fingerprint density at radius 1 is 0.413 bits per heavy atom. The predicted octanol–water partition coefficient (Wildman–Crippen LogP) is 13.6. The predicted molar refractivity (Wildman–Crippen MR) is 574 cm³/mol. The lowest BCUT2D eigenvalue weighted by Gasteiger charge is -2.25. The maximum Gasteiger partial charge on any atom is 0.391 e. The van der Waals surface area contributed by atoms with E-state index in [1.807, 2.05) is 17.7 Å². The molecule has 13 aromatic rings. The quantitative estimate of drug-likeness (QED) is 0.0170. The van der Waals surface area contributed by atoms with Gasteiger partial charge in [-0.05, 0) is 157 Å². The van der Waals surface area contributed by atoms with Crippen molar-refractivity contribution in [3.63, 3.8) is 0 Å². The summed E-state index contributed by atoms with van der Waals surface area (Å²) in [6.45, 7) is 7.14. The monoisotopic (exact) mass is 2300 g/mol. The Balaban J connectivity index is 0.000000157. The minimum absolute atomic E-state index is 0.00617. The van der Waals surface area contributed by atoms with E-state index in [0.29, 0.717) is 58.8 Å². The second-order valence-electron chi connectivity index (χ2n) is 33.9. The molecule has 0 saturated heterocycles. The maximum atomic E-state index is 13.8. The summed E-state index contributed by atoms with van der Waals surface area (Å²) in [6.07, 6.45) is 3.90. The van der Waals surface area contributed by atoms with E-state index in [1.165, 1.54) is 161 Å². The largest absolute Gasteiger partial charge is 0.505 e. The van der Waals surface area contributed by atoms with Crippen molar-refractivity contribution in [3.8, 4) is 68.0 Å². The first kappa shape index (κ1) is 113. The van der Waals surface area contributed by atoms with Crippen LogP contribution in [0.25, 0.3) is 45.0 Å². The molecule has 4 aliphatic heterocycles. The van der Waals surface area contributed by atoms with Crippen molar-refractivity contribution in [1.29, 1.82) is 0 Å². The number of amidine groups is 4. The number of benzene rings is 4. The lowest BCUT2D eigenvalue weighted by Crippen LogP contribution is -2.35. The van der Waals surface area contributed by atoms with Gasteiger partial charge in [0.15, 0.2) is 46.3 Å². The number of rotatable bonds is 33. The summed E-state index contributed by atoms with van der Waals surface area (Å²) in [5.41, 5.74) is 0.870. The number of nitrogens with one attached hydrogen (secondary N) is 8. The number of aromatic nitrogens is 8. The summed E-state index contributed by atoms with van der Waals surface area (Å²) in [7, 11) is -24.2. The van der Waals surface area contributed by atoms with Crippen molar-refractivity contribution in [2.75, 3.05) is 101 Å². The van der Waals surface area contributed by atoms with Crippen molar-refractivity contribution in [1.82, 2.24) is 39.1 Å². The van der Waals surface area contributed by atoms with Crippen molar-refractivity contribution < 1.29 is 113 Å². The number of ether oxygens (including phenoxy) is 1. The number of fused-ring (bicyclic) bond motifs is 4. The fraction of sp³-hybridized carbons (Fsp3) is 0.281. The van der Waals surface area contributed by atoms with Crippen LogP contribution in [0.2, 0.25) is 0 Å². The van der Waals surface area contributed by atoms with Crippen LogP contribution in [-0.2, 0) is 107 Å². The zero-order valence-electron chi connectivity index (χ0n) is 81.3. The molecule has 61 heteroatoms. The second kappa shape index (κ2) is 45.3. The Kier molecular flexibility index (Phi) is 34.0. The fourth-order valence-corrected chi connectivity index (χ4v) is 25.9. The number of methoxy groups -OCH3 is 1. The second-order valence-corrected chi connectivity index (χ2v) is 52.4. The Morgan fingerprint density at radius 2 is 0.687 bits per heavy atom. The van der Waals surface area contributed by atoms with Crippen molar-refractivity contribution in [2.24, 2.45) is 30.9 Å². The van der Waals surface area contributed by atoms with Crippen LogP contribution in [0.4, 0.5) is 58.7 Å². The Morgan fingerprint density at radius 3 is 0.927 bits per heavy atom. The van der Waals surface area contributed by atoms with Crippen molar-refractivity contribution >= 4 is 206 Å². The molecule has 13 heterocycles. The minimum atomic E-state index is -4.48. The van der Waals surface area contributed by atoms with Crippen LogP contribution < -0.4 is 83.6 Å². The van der Waals surface area contributed by atoms with Crippen molar-refractivity contribution in [2.45, 2.75) is 91.8 Å². The first-order chi connectivity index (χ1) is 70.6. The molecule has 4 aromatic carbocycles. The molecule has 0 aliphatic carbocycles. The van der Waals surface area contributed by atoms with Gasteiger partial charge in [-0.25, -0.2) is 52.4 Å². The molecular formula is C89H97F3N20O26P4S8. The van der Waals surface area contributed by atoms with E-state index in [2.05, 4.69) is 93.4 Å². The topological polar surface area (TPSA) is 630 Å². The van der Waals surface area contributed by atoms with Gasteiger partial charge >= 0.3 is 36.3 Å². The third kappa shape index (κ3) is 25.7. The molecule has 0 saturated carbocycles. The number of sulfonamides is 4. The molecule has 46 nitrogen and oxygen atoms in total. The van der Waals surface area contributed by atoms with E-state index < -0.39 is 146 Å². The number of hydrogen-bond acceptors (Lipinski definition) is 38. The van der Waals surface area contributed by atoms with Crippen LogP contribution in [0, 0.1) is 11.8 Å². The van der Waals surface area contributed by atoms with E-state index in [0.717, 1.165) is 54.8 Å². The SMILES string of the molecule is CCC(C)CCn1nc(-c2ccsc2)c(O)c(C2=NP(=O)(OC)c3cc(NS(C)(=O)=O)ccc3N2)c1=O.COC(C)CCn1nc(-c2ccsc2)c(O)c(C2=NP(=O)(OC)c3cc(NS(C)(=O)=O)ccc3N2)c1=O.COP1(=O)N=C(c2c(O)c(-c3ccsc3)nn(CCC(C)C(F)(F)F)c2=O)Nc2ccc(NS(C)(=O)=O)cc21.COP1(=O)N=C(c2c(O)c(-c3ccsc3)nn(Cc3ccoc3)c2=O)Nc2ccc(NS(C)(=O)=O)cc21. The van der Waals surface area contributed by atoms with Gasteiger partial charge in [0.25, 0.3) is 22.2 Å². The summed E-state index contributed by atoms with van der Waals surface area (Å²) in [4.78, 5) is 54.0. The van der Waals surface area contributed by atoms with Crippen molar-refractivity contribution in [3.05, 3.63) is 228 Å². The van der Waals surface area contributed by atoms with Gasteiger partial charge in [-0.2, -0.15) is 98.0 Å². The number of hydrogen-bond donors (Lipinski definition) is 12. The van der Waals surface area contributed by atoms with Crippen LogP contribution in [0.3, 0.4) is 0 Å². The number of aryl methyl sites for hydroxylation is 3. The summed E-state index contributed by atoms with van der Waals surface area (Å²) in [5, 5.41) is 88.1. The first-order valence-electron chi connectivity index (χ1n) is 44.3. The molecule has 150 heavy (non-hydrogen) atoms. The summed E-state index contributed by atoms with van der Waals surface area (Å²) < 4.78 is 249. The number of furan rings is 1. The van der Waals surface area contributed by atoms with Crippen LogP contribution in [-0.4, -0.2) is 189 Å². The van der Waals surface area contributed by atoms with E-state index in [1.54, 1.807) is 69.7 Å². The van der Waals surface area contributed by atoms with Gasteiger partial charge in [-0.1, -0.05) is 27.2 Å². The molecule has 0 spiro atoms. The highest BCUT2D eigenvalue weighted by molar-refractivity contribution is 7.92. The molecule has 12 N–H and O–H groups in total. The van der Waals surface area contributed by atoms with E-state index in [-0.39, 0.29) is 143 Å². The molecule has 9 aromatic heterocycles. The summed E-state index contributed by atoms with van der Waals surface area (Å²) in [6, 6.07) is 25.5. The summed E-state index contributed by atoms with van der Waals surface area (Å²) in [5.74, 6) is -4.06. The van der Waals surface area contributed by atoms with Gasteiger partial charge < -0.3 is 68.9 Å². The fourth-order valence-electron chi connectivity index (χ4n) is 15.0. The normalized spacial score (nSPS) is 17.8. The molecule has 798 valence electrons. The third-order valence-electron chi connectivity index (χ3n) is 22.9. The number of halogens is 3. The molecule has 7 unspecified atom stereocenters. The van der Waals surface area contributed by atoms with E-state index >= 15 is 0 Å². The number of anilines is 8. The molecule has 17 rings (SSSR count). The van der Waals surface area contributed by atoms with Crippen LogP contribution in [0.15, 0.2) is 201 Å². The van der Waals surface area contributed by atoms with Gasteiger partial charge in [0, 0.05) is 127 Å².